The Labute approximate surface area is 104 Å². The zero-order valence-electron chi connectivity index (χ0n) is 10.0. The summed E-state index contributed by atoms with van der Waals surface area (Å²) in [5.41, 5.74) is 0.907. The number of carbonyl (C=O) groups is 1. The van der Waals surface area contributed by atoms with Crippen molar-refractivity contribution < 1.29 is 13.7 Å². The Morgan fingerprint density at radius 3 is 2.53 bits per heavy atom. The molecule has 1 rings (SSSR count). The monoisotopic (exact) mass is 252 g/mol. The molecule has 0 aliphatic rings. The summed E-state index contributed by atoms with van der Waals surface area (Å²) in [6, 6.07) is 9.30. The van der Waals surface area contributed by atoms with E-state index in [1.165, 1.54) is 6.92 Å². The lowest BCUT2D eigenvalue weighted by atomic mass is 10.3. The van der Waals surface area contributed by atoms with Gasteiger partial charge in [0, 0.05) is 17.6 Å². The van der Waals surface area contributed by atoms with E-state index in [1.54, 1.807) is 0 Å². The van der Waals surface area contributed by atoms with E-state index in [4.69, 9.17) is 4.74 Å². The molecule has 0 amide bonds. The summed E-state index contributed by atoms with van der Waals surface area (Å²) >= 11 is 0. The lowest BCUT2D eigenvalue weighted by Gasteiger charge is -2.02. The van der Waals surface area contributed by atoms with Crippen LogP contribution in [0.5, 0.6) is 0 Å². The van der Waals surface area contributed by atoms with Crippen LogP contribution in [0.2, 0.25) is 0 Å². The van der Waals surface area contributed by atoms with E-state index >= 15 is 0 Å². The largest absolute Gasteiger partial charge is 0.461 e. The molecule has 1 atom stereocenters. The van der Waals surface area contributed by atoms with E-state index in [1.807, 2.05) is 43.3 Å². The highest BCUT2D eigenvalue weighted by molar-refractivity contribution is 7.85. The van der Waals surface area contributed by atoms with Crippen molar-refractivity contribution in [2.45, 2.75) is 18.7 Å². The highest BCUT2D eigenvalue weighted by Gasteiger charge is 2.01. The van der Waals surface area contributed by atoms with Gasteiger partial charge >= 0.3 is 5.97 Å². The van der Waals surface area contributed by atoms with E-state index in [9.17, 15) is 9.00 Å². The number of benzene rings is 1. The zero-order valence-corrected chi connectivity index (χ0v) is 10.8. The van der Waals surface area contributed by atoms with Crippen molar-refractivity contribution in [3.05, 3.63) is 42.0 Å². The highest BCUT2D eigenvalue weighted by atomic mass is 32.2. The fourth-order valence-electron chi connectivity index (χ4n) is 1.16. The number of carbonyl (C=O) groups excluding carboxylic acids is 1. The topological polar surface area (TPSA) is 43.4 Å². The molecule has 1 aromatic carbocycles. The van der Waals surface area contributed by atoms with Crippen molar-refractivity contribution >= 4 is 16.8 Å². The minimum atomic E-state index is -1.04. The molecular weight excluding hydrogens is 236 g/mol. The first-order valence-corrected chi connectivity index (χ1v) is 6.64. The number of ether oxygens (including phenoxy) is 1. The quantitative estimate of drug-likeness (QED) is 0.596. The maximum atomic E-state index is 11.8. The maximum absolute atomic E-state index is 11.8. The predicted molar refractivity (Wildman–Crippen MR) is 68.1 cm³/mol. The number of rotatable bonds is 5. The van der Waals surface area contributed by atoms with E-state index in [-0.39, 0.29) is 12.6 Å². The van der Waals surface area contributed by atoms with Gasteiger partial charge in [-0.05, 0) is 24.6 Å². The predicted octanol–water partition coefficient (Wildman–Crippen LogP) is 2.30. The summed E-state index contributed by atoms with van der Waals surface area (Å²) in [6.07, 6.45) is 1.84. The molecule has 0 N–H and O–H groups in total. The molecule has 0 radical (unpaired) electrons. The van der Waals surface area contributed by atoms with Gasteiger partial charge in [-0.1, -0.05) is 24.3 Å². The van der Waals surface area contributed by atoms with Crippen LogP contribution >= 0.6 is 0 Å². The van der Waals surface area contributed by atoms with Crippen molar-refractivity contribution in [1.29, 1.82) is 0 Å². The third-order valence-corrected chi connectivity index (χ3v) is 3.36. The van der Waals surface area contributed by atoms with Gasteiger partial charge in [0.05, 0.1) is 10.8 Å². The van der Waals surface area contributed by atoms with Crippen LogP contribution in [0.1, 0.15) is 13.8 Å². The average Bonchev–Trinajstić information content (AvgIpc) is 2.34. The van der Waals surface area contributed by atoms with Gasteiger partial charge in [0.25, 0.3) is 0 Å². The first-order chi connectivity index (χ1) is 8.09. The second-order valence-corrected chi connectivity index (χ2v) is 5.15. The van der Waals surface area contributed by atoms with E-state index in [0.29, 0.717) is 5.75 Å². The Hall–Kier alpha value is -1.42. The van der Waals surface area contributed by atoms with E-state index in [0.717, 1.165) is 10.5 Å². The molecule has 1 unspecified atom stereocenters. The molecule has 1 aromatic rings. The van der Waals surface area contributed by atoms with Crippen LogP contribution in [-0.4, -0.2) is 22.5 Å². The van der Waals surface area contributed by atoms with Gasteiger partial charge in [-0.25, -0.2) is 0 Å². The Balaban J connectivity index is 2.47. The molecular formula is C13H16O3S. The third kappa shape index (κ3) is 5.45. The zero-order chi connectivity index (χ0) is 12.7. The molecule has 17 heavy (non-hydrogen) atoms. The summed E-state index contributed by atoms with van der Waals surface area (Å²) in [6.45, 7) is 3.49. The van der Waals surface area contributed by atoms with Crippen molar-refractivity contribution in [2.24, 2.45) is 0 Å². The van der Waals surface area contributed by atoms with Gasteiger partial charge < -0.3 is 4.74 Å². The lowest BCUT2D eigenvalue weighted by Crippen LogP contribution is -2.03. The summed E-state index contributed by atoms with van der Waals surface area (Å²) in [7, 11) is -1.04. The molecule has 0 spiro atoms. The number of hydrogen-bond acceptors (Lipinski definition) is 3. The highest BCUT2D eigenvalue weighted by Crippen LogP contribution is 2.06. The minimum absolute atomic E-state index is 0.265. The summed E-state index contributed by atoms with van der Waals surface area (Å²) in [4.78, 5) is 11.4. The normalized spacial score (nSPS) is 13.2. The van der Waals surface area contributed by atoms with Crippen molar-refractivity contribution in [3.63, 3.8) is 0 Å². The summed E-state index contributed by atoms with van der Waals surface area (Å²) in [5, 5.41) is 0. The standard InChI is InChI=1S/C13H16O3S/c1-11(10-16-12(2)14)8-9-17(15)13-6-4-3-5-7-13/h3-8H,9-10H2,1-2H3/b11-8+. The molecule has 4 heteroatoms. The number of esters is 1. The van der Waals surface area contributed by atoms with Crippen LogP contribution in [0.25, 0.3) is 0 Å². The van der Waals surface area contributed by atoms with Gasteiger partial charge in [-0.2, -0.15) is 0 Å². The average molecular weight is 252 g/mol. The molecule has 0 heterocycles. The van der Waals surface area contributed by atoms with Crippen molar-refractivity contribution in [3.8, 4) is 0 Å². The van der Waals surface area contributed by atoms with Gasteiger partial charge in [0.2, 0.25) is 0 Å². The van der Waals surface area contributed by atoms with Gasteiger partial charge in [-0.15, -0.1) is 0 Å². The van der Waals surface area contributed by atoms with Crippen LogP contribution in [-0.2, 0) is 20.3 Å². The number of hydrogen-bond donors (Lipinski definition) is 0. The van der Waals surface area contributed by atoms with Gasteiger partial charge in [0.15, 0.2) is 0 Å². The smallest absolute Gasteiger partial charge is 0.302 e. The van der Waals surface area contributed by atoms with E-state index in [2.05, 4.69) is 0 Å². The molecule has 0 saturated heterocycles. The minimum Gasteiger partial charge on any atom is -0.461 e. The SMILES string of the molecule is CC(=O)OC/C(C)=C/CS(=O)c1ccccc1. The first-order valence-electron chi connectivity index (χ1n) is 5.32. The van der Waals surface area contributed by atoms with Crippen LogP contribution in [0.3, 0.4) is 0 Å². The molecule has 0 aliphatic heterocycles. The second kappa shape index (κ2) is 7.01. The van der Waals surface area contributed by atoms with Crippen LogP contribution in [0.15, 0.2) is 46.9 Å². The molecule has 0 aliphatic carbocycles. The fourth-order valence-corrected chi connectivity index (χ4v) is 2.25. The Kier molecular flexibility index (Phi) is 5.63. The molecule has 0 fully saturated rings. The Morgan fingerprint density at radius 2 is 1.94 bits per heavy atom. The summed E-state index contributed by atoms with van der Waals surface area (Å²) in [5.74, 6) is 0.138. The molecule has 0 aromatic heterocycles. The van der Waals surface area contributed by atoms with Crippen LogP contribution in [0.4, 0.5) is 0 Å². The van der Waals surface area contributed by atoms with Gasteiger partial charge in [0.1, 0.15) is 6.61 Å². The lowest BCUT2D eigenvalue weighted by molar-refractivity contribution is -0.139. The van der Waals surface area contributed by atoms with Crippen LogP contribution in [0, 0.1) is 0 Å². The molecule has 0 bridgehead atoms. The summed E-state index contributed by atoms with van der Waals surface area (Å²) < 4.78 is 16.7. The Bertz CT molecular complexity index is 424. The third-order valence-electron chi connectivity index (χ3n) is 2.09. The molecule has 3 nitrogen and oxygen atoms in total. The first kappa shape index (κ1) is 13.6. The van der Waals surface area contributed by atoms with Crippen LogP contribution < -0.4 is 0 Å². The molecule has 92 valence electrons. The van der Waals surface area contributed by atoms with Crippen molar-refractivity contribution in [1.82, 2.24) is 0 Å². The maximum Gasteiger partial charge on any atom is 0.302 e. The fraction of sp³-hybridized carbons (Fsp3) is 0.308. The molecule has 0 saturated carbocycles. The second-order valence-electron chi connectivity index (χ2n) is 3.66. The van der Waals surface area contributed by atoms with E-state index < -0.39 is 10.8 Å². The Morgan fingerprint density at radius 1 is 1.29 bits per heavy atom. The van der Waals surface area contributed by atoms with Crippen molar-refractivity contribution in [2.75, 3.05) is 12.4 Å². The van der Waals surface area contributed by atoms with Gasteiger partial charge in [-0.3, -0.25) is 9.00 Å².